The fourth-order valence-electron chi connectivity index (χ4n) is 3.18. The van der Waals surface area contributed by atoms with Crippen molar-refractivity contribution >= 4 is 11.8 Å². The van der Waals surface area contributed by atoms with E-state index in [-0.39, 0.29) is 6.10 Å². The monoisotopic (exact) mass is 291 g/mol. The summed E-state index contributed by atoms with van der Waals surface area (Å²) in [7, 11) is 0. The van der Waals surface area contributed by atoms with E-state index < -0.39 is 12.0 Å². The van der Waals surface area contributed by atoms with Gasteiger partial charge in [0.2, 0.25) is 5.88 Å². The molecule has 0 aromatic carbocycles. The summed E-state index contributed by atoms with van der Waals surface area (Å²) in [5.41, 5.74) is 0. The first-order valence-corrected chi connectivity index (χ1v) is 7.72. The molecule has 1 atom stereocenters. The molecule has 0 spiro atoms. The fourth-order valence-corrected chi connectivity index (χ4v) is 3.18. The standard InChI is InChI=1S/C15H21N3O3/c19-15(20)12-7-4-8-18(12)13-9-16-10-14(17-13)21-11-5-2-1-3-6-11/h9-12H,1-8H2,(H,19,20). The minimum Gasteiger partial charge on any atom is -0.480 e. The first-order chi connectivity index (χ1) is 10.2. The van der Waals surface area contributed by atoms with Crippen LogP contribution in [0.4, 0.5) is 5.82 Å². The van der Waals surface area contributed by atoms with E-state index in [1.54, 1.807) is 12.4 Å². The molecule has 1 saturated heterocycles. The number of rotatable bonds is 4. The second kappa shape index (κ2) is 6.28. The van der Waals surface area contributed by atoms with Crippen molar-refractivity contribution in [2.45, 2.75) is 57.1 Å². The van der Waals surface area contributed by atoms with E-state index in [0.29, 0.717) is 24.7 Å². The Kier molecular flexibility index (Phi) is 4.22. The van der Waals surface area contributed by atoms with Crippen LogP contribution in [0.25, 0.3) is 0 Å². The number of aliphatic carboxylic acids is 1. The molecule has 1 aromatic heterocycles. The van der Waals surface area contributed by atoms with Crippen LogP contribution in [0.1, 0.15) is 44.9 Å². The average molecular weight is 291 g/mol. The fraction of sp³-hybridized carbons (Fsp3) is 0.667. The quantitative estimate of drug-likeness (QED) is 0.917. The molecule has 1 aliphatic carbocycles. The largest absolute Gasteiger partial charge is 0.480 e. The highest BCUT2D eigenvalue weighted by Crippen LogP contribution is 2.26. The van der Waals surface area contributed by atoms with Gasteiger partial charge < -0.3 is 14.7 Å². The third-order valence-electron chi connectivity index (χ3n) is 4.27. The van der Waals surface area contributed by atoms with Gasteiger partial charge >= 0.3 is 5.97 Å². The molecule has 1 saturated carbocycles. The van der Waals surface area contributed by atoms with Gasteiger partial charge in [-0.05, 0) is 38.5 Å². The maximum Gasteiger partial charge on any atom is 0.326 e. The summed E-state index contributed by atoms with van der Waals surface area (Å²) in [5.74, 6) is 0.316. The number of carboxylic acid groups (broad SMARTS) is 1. The molecule has 2 fully saturated rings. The summed E-state index contributed by atoms with van der Waals surface area (Å²) < 4.78 is 5.90. The first kappa shape index (κ1) is 14.1. The van der Waals surface area contributed by atoms with Crippen LogP contribution >= 0.6 is 0 Å². The third kappa shape index (κ3) is 3.25. The summed E-state index contributed by atoms with van der Waals surface area (Å²) in [6, 6.07) is -0.496. The molecule has 2 heterocycles. The number of aromatic nitrogens is 2. The van der Waals surface area contributed by atoms with Crippen molar-refractivity contribution in [1.29, 1.82) is 0 Å². The topological polar surface area (TPSA) is 75.5 Å². The maximum atomic E-state index is 11.3. The lowest BCUT2D eigenvalue weighted by Gasteiger charge is -2.24. The van der Waals surface area contributed by atoms with Gasteiger partial charge in [0.05, 0.1) is 12.4 Å². The van der Waals surface area contributed by atoms with Gasteiger partial charge in [0.1, 0.15) is 12.1 Å². The number of hydrogen-bond donors (Lipinski definition) is 1. The van der Waals surface area contributed by atoms with E-state index in [1.807, 2.05) is 4.90 Å². The van der Waals surface area contributed by atoms with Crippen LogP contribution in [0.15, 0.2) is 12.4 Å². The molecular formula is C15H21N3O3. The number of hydrogen-bond acceptors (Lipinski definition) is 5. The Morgan fingerprint density at radius 3 is 2.76 bits per heavy atom. The van der Waals surface area contributed by atoms with Crippen molar-refractivity contribution in [1.82, 2.24) is 9.97 Å². The van der Waals surface area contributed by atoms with Gasteiger partial charge in [0, 0.05) is 6.54 Å². The third-order valence-corrected chi connectivity index (χ3v) is 4.27. The molecule has 21 heavy (non-hydrogen) atoms. The van der Waals surface area contributed by atoms with Crippen LogP contribution in [0.2, 0.25) is 0 Å². The van der Waals surface area contributed by atoms with E-state index in [2.05, 4.69) is 9.97 Å². The molecular weight excluding hydrogens is 270 g/mol. The van der Waals surface area contributed by atoms with E-state index >= 15 is 0 Å². The molecule has 0 radical (unpaired) electrons. The Morgan fingerprint density at radius 1 is 1.19 bits per heavy atom. The van der Waals surface area contributed by atoms with Gasteiger partial charge in [-0.25, -0.2) is 4.79 Å². The molecule has 0 amide bonds. The summed E-state index contributed by atoms with van der Waals surface area (Å²) in [6.07, 6.45) is 10.8. The Morgan fingerprint density at radius 2 is 2.00 bits per heavy atom. The molecule has 114 valence electrons. The molecule has 1 N–H and O–H groups in total. The Hall–Kier alpha value is -1.85. The van der Waals surface area contributed by atoms with Gasteiger partial charge in [-0.15, -0.1) is 0 Å². The van der Waals surface area contributed by atoms with Crippen molar-refractivity contribution in [2.75, 3.05) is 11.4 Å². The SMILES string of the molecule is O=C(O)C1CCCN1c1cncc(OC2CCCCC2)n1. The lowest BCUT2D eigenvalue weighted by Crippen LogP contribution is -2.36. The predicted octanol–water partition coefficient (Wildman–Crippen LogP) is 2.24. The molecule has 6 heteroatoms. The van der Waals surface area contributed by atoms with Crippen molar-refractivity contribution in [3.05, 3.63) is 12.4 Å². The van der Waals surface area contributed by atoms with Crippen molar-refractivity contribution in [3.8, 4) is 5.88 Å². The molecule has 1 aromatic rings. The van der Waals surface area contributed by atoms with Crippen molar-refractivity contribution in [2.24, 2.45) is 0 Å². The molecule has 1 aliphatic heterocycles. The Labute approximate surface area is 124 Å². The van der Waals surface area contributed by atoms with Crippen LogP contribution < -0.4 is 9.64 Å². The van der Waals surface area contributed by atoms with Crippen molar-refractivity contribution in [3.63, 3.8) is 0 Å². The number of anilines is 1. The highest BCUT2D eigenvalue weighted by atomic mass is 16.5. The number of carboxylic acids is 1. The van der Waals surface area contributed by atoms with Gasteiger partial charge in [0.15, 0.2) is 5.82 Å². The van der Waals surface area contributed by atoms with E-state index in [4.69, 9.17) is 4.74 Å². The van der Waals surface area contributed by atoms with Crippen LogP contribution in [0, 0.1) is 0 Å². The normalized spacial score (nSPS) is 23.2. The molecule has 6 nitrogen and oxygen atoms in total. The summed E-state index contributed by atoms with van der Waals surface area (Å²) in [4.78, 5) is 21.7. The maximum absolute atomic E-state index is 11.3. The van der Waals surface area contributed by atoms with Gasteiger partial charge in [0.25, 0.3) is 0 Å². The molecule has 2 aliphatic rings. The zero-order valence-electron chi connectivity index (χ0n) is 12.1. The van der Waals surface area contributed by atoms with Crippen LogP contribution in [0.5, 0.6) is 5.88 Å². The number of carbonyl (C=O) groups is 1. The summed E-state index contributed by atoms with van der Waals surface area (Å²) >= 11 is 0. The lowest BCUT2D eigenvalue weighted by molar-refractivity contribution is -0.138. The zero-order valence-corrected chi connectivity index (χ0v) is 12.1. The number of ether oxygens (including phenoxy) is 1. The van der Waals surface area contributed by atoms with Gasteiger partial charge in [-0.3, -0.25) is 4.98 Å². The van der Waals surface area contributed by atoms with E-state index in [1.165, 1.54) is 19.3 Å². The van der Waals surface area contributed by atoms with Crippen molar-refractivity contribution < 1.29 is 14.6 Å². The van der Waals surface area contributed by atoms with E-state index in [0.717, 1.165) is 19.3 Å². The highest BCUT2D eigenvalue weighted by Gasteiger charge is 2.31. The highest BCUT2D eigenvalue weighted by molar-refractivity contribution is 5.78. The summed E-state index contributed by atoms with van der Waals surface area (Å²) in [5, 5.41) is 9.25. The van der Waals surface area contributed by atoms with Crippen LogP contribution in [-0.4, -0.2) is 39.7 Å². The van der Waals surface area contributed by atoms with Crippen LogP contribution in [-0.2, 0) is 4.79 Å². The zero-order chi connectivity index (χ0) is 14.7. The second-order valence-electron chi connectivity index (χ2n) is 5.78. The smallest absolute Gasteiger partial charge is 0.326 e. The molecule has 0 bridgehead atoms. The Balaban J connectivity index is 1.71. The predicted molar refractivity (Wildman–Crippen MR) is 77.5 cm³/mol. The number of nitrogens with zero attached hydrogens (tertiary/aromatic N) is 3. The molecule has 3 rings (SSSR count). The van der Waals surface area contributed by atoms with Crippen LogP contribution in [0.3, 0.4) is 0 Å². The minimum absolute atomic E-state index is 0.220. The summed E-state index contributed by atoms with van der Waals surface area (Å²) in [6.45, 7) is 0.707. The second-order valence-corrected chi connectivity index (χ2v) is 5.78. The van der Waals surface area contributed by atoms with Gasteiger partial charge in [-0.1, -0.05) is 6.42 Å². The first-order valence-electron chi connectivity index (χ1n) is 7.72. The average Bonchev–Trinajstić information content (AvgIpc) is 2.98. The minimum atomic E-state index is -0.798. The Bertz CT molecular complexity index is 503. The van der Waals surface area contributed by atoms with E-state index in [9.17, 15) is 9.90 Å². The molecule has 1 unspecified atom stereocenters. The lowest BCUT2D eigenvalue weighted by atomic mass is 9.98. The van der Waals surface area contributed by atoms with Gasteiger partial charge in [-0.2, -0.15) is 4.98 Å².